The van der Waals surface area contributed by atoms with Crippen molar-refractivity contribution < 1.29 is 4.74 Å². The molecule has 0 unspecified atom stereocenters. The molecule has 0 aromatic heterocycles. The van der Waals surface area contributed by atoms with Gasteiger partial charge in [-0.15, -0.1) is 0 Å². The molecule has 1 N–H and O–H groups in total. The third-order valence-corrected chi connectivity index (χ3v) is 2.99. The lowest BCUT2D eigenvalue weighted by atomic mass is 10.1. The number of nitrogens with one attached hydrogen (secondary N) is 1. The lowest BCUT2D eigenvalue weighted by molar-refractivity contribution is 0.357. The van der Waals surface area contributed by atoms with Gasteiger partial charge in [0.25, 0.3) is 0 Å². The molecule has 3 nitrogen and oxygen atoms in total. The molecular formula is C14H18N2O. The Bertz CT molecular complexity index is 409. The van der Waals surface area contributed by atoms with Crippen LogP contribution in [-0.4, -0.2) is 19.7 Å². The first-order valence-corrected chi connectivity index (χ1v) is 6.22. The summed E-state index contributed by atoms with van der Waals surface area (Å²) in [6.07, 6.45) is 3.66. The Labute approximate surface area is 102 Å². The third kappa shape index (κ3) is 3.47. The fourth-order valence-electron chi connectivity index (χ4n) is 2.05. The second-order valence-electron chi connectivity index (χ2n) is 4.30. The van der Waals surface area contributed by atoms with Gasteiger partial charge in [0.1, 0.15) is 5.75 Å². The van der Waals surface area contributed by atoms with E-state index in [1.807, 2.05) is 0 Å². The number of unbranched alkanes of at least 4 members (excludes halogenated alkanes) is 1. The Balaban J connectivity index is 1.71. The van der Waals surface area contributed by atoms with Gasteiger partial charge in [-0.3, -0.25) is 0 Å². The van der Waals surface area contributed by atoms with Crippen LogP contribution in [0.15, 0.2) is 18.2 Å². The van der Waals surface area contributed by atoms with E-state index >= 15 is 0 Å². The number of fused-ring (bicyclic) bond motifs is 1. The molecule has 0 amide bonds. The summed E-state index contributed by atoms with van der Waals surface area (Å²) in [5.74, 6) is 1.05. The van der Waals surface area contributed by atoms with E-state index in [-0.39, 0.29) is 0 Å². The summed E-state index contributed by atoms with van der Waals surface area (Å²) < 4.78 is 5.48. The smallest absolute Gasteiger partial charge is 0.122 e. The first kappa shape index (κ1) is 11.9. The first-order chi connectivity index (χ1) is 8.40. The molecule has 0 saturated carbocycles. The zero-order valence-corrected chi connectivity index (χ0v) is 10.0. The van der Waals surface area contributed by atoms with E-state index in [0.29, 0.717) is 6.42 Å². The van der Waals surface area contributed by atoms with Gasteiger partial charge in [0.15, 0.2) is 0 Å². The summed E-state index contributed by atoms with van der Waals surface area (Å²) in [5, 5.41) is 11.8. The van der Waals surface area contributed by atoms with Crippen LogP contribution >= 0.6 is 0 Å². The van der Waals surface area contributed by atoms with Crippen LogP contribution in [0.25, 0.3) is 0 Å². The molecule has 0 saturated heterocycles. The van der Waals surface area contributed by atoms with Gasteiger partial charge >= 0.3 is 0 Å². The number of hydrogen-bond acceptors (Lipinski definition) is 3. The lowest BCUT2D eigenvalue weighted by Crippen LogP contribution is -2.18. The number of rotatable bonds is 6. The van der Waals surface area contributed by atoms with E-state index in [4.69, 9.17) is 10.00 Å². The average molecular weight is 230 g/mol. The highest BCUT2D eigenvalue weighted by atomic mass is 16.5. The molecule has 1 aliphatic heterocycles. The molecule has 1 aromatic carbocycles. The molecular weight excluding hydrogens is 212 g/mol. The van der Waals surface area contributed by atoms with Crippen molar-refractivity contribution in [2.24, 2.45) is 0 Å². The van der Waals surface area contributed by atoms with Crippen LogP contribution in [0.1, 0.15) is 24.0 Å². The van der Waals surface area contributed by atoms with Crippen LogP contribution in [0, 0.1) is 11.3 Å². The quantitative estimate of drug-likeness (QED) is 0.761. The maximum Gasteiger partial charge on any atom is 0.122 e. The van der Waals surface area contributed by atoms with Crippen molar-refractivity contribution in [3.63, 3.8) is 0 Å². The number of ether oxygens (including phenoxy) is 1. The average Bonchev–Trinajstić information content (AvgIpc) is 2.81. The highest BCUT2D eigenvalue weighted by molar-refractivity contribution is 5.39. The first-order valence-electron chi connectivity index (χ1n) is 6.22. The van der Waals surface area contributed by atoms with Crippen LogP contribution in [0.3, 0.4) is 0 Å². The molecule has 1 heterocycles. The Kier molecular flexibility index (Phi) is 4.40. The molecule has 0 spiro atoms. The maximum absolute atomic E-state index is 8.40. The number of nitriles is 1. The summed E-state index contributed by atoms with van der Waals surface area (Å²) in [6, 6.07) is 8.62. The van der Waals surface area contributed by atoms with Crippen LogP contribution in [0.2, 0.25) is 0 Å². The summed E-state index contributed by atoms with van der Waals surface area (Å²) in [5.41, 5.74) is 2.70. The minimum Gasteiger partial charge on any atom is -0.493 e. The van der Waals surface area contributed by atoms with Crippen LogP contribution < -0.4 is 10.1 Å². The number of nitrogens with zero attached hydrogens (tertiary/aromatic N) is 1. The molecule has 0 fully saturated rings. The molecule has 0 atom stereocenters. The predicted octanol–water partition coefficient (Wildman–Crippen LogP) is 2.06. The van der Waals surface area contributed by atoms with Crippen molar-refractivity contribution in [3.8, 4) is 11.8 Å². The van der Waals surface area contributed by atoms with Gasteiger partial charge in [-0.2, -0.15) is 5.26 Å². The third-order valence-electron chi connectivity index (χ3n) is 2.99. The van der Waals surface area contributed by atoms with E-state index in [1.165, 1.54) is 11.1 Å². The molecule has 1 aromatic rings. The molecule has 0 aliphatic carbocycles. The van der Waals surface area contributed by atoms with Crippen molar-refractivity contribution in [1.82, 2.24) is 5.32 Å². The Morgan fingerprint density at radius 1 is 1.35 bits per heavy atom. The van der Waals surface area contributed by atoms with E-state index in [2.05, 4.69) is 29.6 Å². The molecule has 0 bridgehead atoms. The molecule has 1 aliphatic rings. The fraction of sp³-hybridized carbons (Fsp3) is 0.500. The monoisotopic (exact) mass is 230 g/mol. The zero-order chi connectivity index (χ0) is 11.9. The van der Waals surface area contributed by atoms with Crippen molar-refractivity contribution >= 4 is 0 Å². The molecule has 3 heteroatoms. The summed E-state index contributed by atoms with van der Waals surface area (Å²) >= 11 is 0. The standard InChI is InChI=1S/C14H18N2O/c15-7-1-2-8-16-9-5-12-3-4-14-13(11-12)6-10-17-14/h3-4,11,16H,1-2,5-6,8-10H2. The largest absolute Gasteiger partial charge is 0.493 e. The van der Waals surface area contributed by atoms with Gasteiger partial charge in [0.05, 0.1) is 12.7 Å². The summed E-state index contributed by atoms with van der Waals surface area (Å²) in [6.45, 7) is 2.73. The Morgan fingerprint density at radius 3 is 3.18 bits per heavy atom. The minimum atomic E-state index is 0.642. The lowest BCUT2D eigenvalue weighted by Gasteiger charge is -2.05. The van der Waals surface area contributed by atoms with E-state index in [0.717, 1.165) is 44.7 Å². The van der Waals surface area contributed by atoms with E-state index < -0.39 is 0 Å². The molecule has 2 rings (SSSR count). The van der Waals surface area contributed by atoms with Crippen molar-refractivity contribution in [2.45, 2.75) is 25.7 Å². The Morgan fingerprint density at radius 2 is 2.29 bits per heavy atom. The van der Waals surface area contributed by atoms with Gasteiger partial charge in [-0.25, -0.2) is 0 Å². The number of hydrogen-bond donors (Lipinski definition) is 1. The van der Waals surface area contributed by atoms with Crippen molar-refractivity contribution in [3.05, 3.63) is 29.3 Å². The van der Waals surface area contributed by atoms with Crippen molar-refractivity contribution in [1.29, 1.82) is 5.26 Å². The van der Waals surface area contributed by atoms with Gasteiger partial charge in [-0.1, -0.05) is 12.1 Å². The highest BCUT2D eigenvalue weighted by Crippen LogP contribution is 2.25. The molecule has 90 valence electrons. The maximum atomic E-state index is 8.40. The van der Waals surface area contributed by atoms with E-state index in [1.54, 1.807) is 0 Å². The second kappa shape index (κ2) is 6.27. The fourth-order valence-corrected chi connectivity index (χ4v) is 2.05. The second-order valence-corrected chi connectivity index (χ2v) is 4.30. The Hall–Kier alpha value is -1.53. The van der Waals surface area contributed by atoms with Gasteiger partial charge < -0.3 is 10.1 Å². The normalized spacial score (nSPS) is 12.9. The van der Waals surface area contributed by atoms with Crippen LogP contribution in [0.4, 0.5) is 0 Å². The zero-order valence-electron chi connectivity index (χ0n) is 10.0. The number of benzene rings is 1. The van der Waals surface area contributed by atoms with Gasteiger partial charge in [0, 0.05) is 12.8 Å². The predicted molar refractivity (Wildman–Crippen MR) is 67.1 cm³/mol. The van der Waals surface area contributed by atoms with E-state index in [9.17, 15) is 0 Å². The van der Waals surface area contributed by atoms with Gasteiger partial charge in [-0.05, 0) is 43.1 Å². The topological polar surface area (TPSA) is 45.0 Å². The minimum absolute atomic E-state index is 0.642. The van der Waals surface area contributed by atoms with Gasteiger partial charge in [0.2, 0.25) is 0 Å². The highest BCUT2D eigenvalue weighted by Gasteiger charge is 2.11. The SMILES string of the molecule is N#CCCCNCCc1ccc2c(c1)CCO2. The summed E-state index contributed by atoms with van der Waals surface area (Å²) in [7, 11) is 0. The molecule has 0 radical (unpaired) electrons. The van der Waals surface area contributed by atoms with Crippen molar-refractivity contribution in [2.75, 3.05) is 19.7 Å². The molecule has 17 heavy (non-hydrogen) atoms. The van der Waals surface area contributed by atoms with Crippen LogP contribution in [-0.2, 0) is 12.8 Å². The summed E-state index contributed by atoms with van der Waals surface area (Å²) in [4.78, 5) is 0. The van der Waals surface area contributed by atoms with Crippen LogP contribution in [0.5, 0.6) is 5.75 Å².